The molecule has 5 unspecified atom stereocenters. The molecule has 3 aromatic carbocycles. The first-order chi connectivity index (χ1) is 23.8. The summed E-state index contributed by atoms with van der Waals surface area (Å²) in [6.07, 6.45) is -10.1. The number of ether oxygens (including phenoxy) is 1. The van der Waals surface area contributed by atoms with Crippen LogP contribution in [0.3, 0.4) is 0 Å². The van der Waals surface area contributed by atoms with Gasteiger partial charge in [-0.05, 0) is 34.5 Å². The lowest BCUT2D eigenvalue weighted by atomic mass is 10.1. The van der Waals surface area contributed by atoms with Gasteiger partial charge in [-0.3, -0.25) is 18.1 Å². The van der Waals surface area contributed by atoms with Crippen LogP contribution >= 0.6 is 23.2 Å². The number of alkyl halides is 3. The number of imidazole rings is 1. The number of hydrogen-bond donors (Lipinski definition) is 5. The number of aromatic nitrogens is 3. The summed E-state index contributed by atoms with van der Waals surface area (Å²) in [5.74, 6) is 0. The van der Waals surface area contributed by atoms with E-state index in [1.54, 1.807) is 36.4 Å². The van der Waals surface area contributed by atoms with Crippen molar-refractivity contribution in [3.63, 3.8) is 0 Å². The molecule has 22 heteroatoms. The van der Waals surface area contributed by atoms with E-state index in [9.17, 15) is 56.6 Å². The Morgan fingerprint density at radius 2 is 1.59 bits per heavy atom. The third kappa shape index (κ3) is 8.26. The molecule has 1 aliphatic heterocycles. The summed E-state index contributed by atoms with van der Waals surface area (Å²) >= 11 is 0. The molecular weight excluding hydrogens is 748 g/mol. The van der Waals surface area contributed by atoms with Crippen LogP contribution in [0, 0.1) is 0 Å². The lowest BCUT2D eigenvalue weighted by molar-refractivity contribution is -0.137. The number of nitrogens with zero attached hydrogens (tertiary/aromatic N) is 3. The first-order valence-corrected chi connectivity index (χ1v) is 19.4. The van der Waals surface area contributed by atoms with Crippen LogP contribution in [-0.4, -0.2) is 63.8 Å². The highest BCUT2D eigenvalue weighted by Crippen LogP contribution is 2.68. The predicted molar refractivity (Wildman–Crippen MR) is 171 cm³/mol. The Balaban J connectivity index is 1.11. The van der Waals surface area contributed by atoms with Crippen LogP contribution in [-0.2, 0) is 43.9 Å². The van der Waals surface area contributed by atoms with E-state index in [0.717, 1.165) is 33.5 Å². The van der Waals surface area contributed by atoms with E-state index >= 15 is 0 Å². The number of phosphoric acid groups is 2. The van der Waals surface area contributed by atoms with Crippen LogP contribution in [0.1, 0.15) is 17.4 Å². The second-order valence-electron chi connectivity index (χ2n) is 11.3. The third-order valence-corrected chi connectivity index (χ3v) is 12.4. The minimum Gasteiger partial charge on any atom is -0.387 e. The van der Waals surface area contributed by atoms with E-state index < -0.39 is 78.0 Å². The number of rotatable bonds is 11. The van der Waals surface area contributed by atoms with Gasteiger partial charge in [0.25, 0.3) is 0 Å². The molecule has 0 amide bonds. The van der Waals surface area contributed by atoms with E-state index in [-0.39, 0.29) is 22.5 Å². The summed E-state index contributed by atoms with van der Waals surface area (Å²) < 4.78 is 97.9. The van der Waals surface area contributed by atoms with Gasteiger partial charge in [-0.25, -0.2) is 23.2 Å². The molecule has 5 N–H and O–H groups in total. The molecule has 16 nitrogen and oxygen atoms in total. The molecule has 0 bridgehead atoms. The molecule has 5 aromatic rings. The summed E-state index contributed by atoms with van der Waals surface area (Å²) in [6, 6.07) is 17.1. The molecule has 2 aromatic heterocycles. The van der Waals surface area contributed by atoms with Crippen LogP contribution in [0.4, 0.5) is 13.2 Å². The number of hydrogen-bond acceptors (Lipinski definition) is 11. The zero-order chi connectivity index (χ0) is 36.9. The number of benzene rings is 3. The molecule has 272 valence electrons. The van der Waals surface area contributed by atoms with E-state index in [2.05, 4.69) is 18.1 Å². The fourth-order valence-electron chi connectivity index (χ4n) is 5.46. The fourth-order valence-corrected chi connectivity index (χ4v) is 9.64. The molecule has 0 saturated carbocycles. The maximum absolute atomic E-state index is 13.3. The highest BCUT2D eigenvalue weighted by molar-refractivity contribution is 7.68. The van der Waals surface area contributed by atoms with Gasteiger partial charge < -0.3 is 29.6 Å². The minimum atomic E-state index is -5.76. The average molecular weight is 775 g/mol. The van der Waals surface area contributed by atoms with Crippen LogP contribution in [0.5, 0.6) is 0 Å². The van der Waals surface area contributed by atoms with Gasteiger partial charge in [-0.15, -0.1) is 0 Å². The Labute approximate surface area is 284 Å². The summed E-state index contributed by atoms with van der Waals surface area (Å²) in [5, 5.41) is 22.4. The van der Waals surface area contributed by atoms with Crippen LogP contribution < -0.4 is 5.69 Å². The number of phosphoric ester groups is 1. The molecule has 1 fully saturated rings. The Hall–Kier alpha value is -3.54. The van der Waals surface area contributed by atoms with Gasteiger partial charge in [-0.2, -0.15) is 17.5 Å². The summed E-state index contributed by atoms with van der Waals surface area (Å²) in [6.45, 7) is -1.07. The second-order valence-corrected chi connectivity index (χ2v) is 16.3. The van der Waals surface area contributed by atoms with Crippen molar-refractivity contribution in [3.05, 3.63) is 107 Å². The van der Waals surface area contributed by atoms with Gasteiger partial charge in [0.1, 0.15) is 24.0 Å². The first kappa shape index (κ1) is 37.2. The van der Waals surface area contributed by atoms with Gasteiger partial charge in [0.05, 0.1) is 24.0 Å². The molecule has 1 saturated heterocycles. The van der Waals surface area contributed by atoms with Crippen molar-refractivity contribution in [2.24, 2.45) is 0 Å². The molecule has 1 aliphatic rings. The molecular formula is C29H27F3N3O13P3. The molecule has 51 heavy (non-hydrogen) atoms. The average Bonchev–Trinajstić information content (AvgIpc) is 3.60. The van der Waals surface area contributed by atoms with E-state index in [1.165, 1.54) is 24.3 Å². The Bertz CT molecular complexity index is 2310. The molecule has 0 aliphatic carbocycles. The lowest BCUT2D eigenvalue weighted by Crippen LogP contribution is -2.36. The van der Waals surface area contributed by atoms with Crippen molar-refractivity contribution in [1.82, 2.24) is 14.0 Å². The topological polar surface area (TPSA) is 229 Å². The van der Waals surface area contributed by atoms with Crippen LogP contribution in [0.25, 0.3) is 27.7 Å². The quantitative estimate of drug-likeness (QED) is 0.116. The number of fused-ring (bicyclic) bond motifs is 2. The third-order valence-electron chi connectivity index (χ3n) is 7.73. The van der Waals surface area contributed by atoms with E-state index in [4.69, 9.17) is 4.74 Å². The Morgan fingerprint density at radius 3 is 2.33 bits per heavy atom. The van der Waals surface area contributed by atoms with Gasteiger partial charge in [0.15, 0.2) is 6.23 Å². The zero-order valence-electron chi connectivity index (χ0n) is 25.6. The lowest BCUT2D eigenvalue weighted by Gasteiger charge is -2.20. The second kappa shape index (κ2) is 13.8. The molecule has 0 spiro atoms. The Kier molecular flexibility index (Phi) is 10.1. The maximum atomic E-state index is 13.3. The van der Waals surface area contributed by atoms with Crippen molar-refractivity contribution < 1.29 is 69.6 Å². The number of aliphatic hydroxyl groups is 2. The van der Waals surface area contributed by atoms with Crippen molar-refractivity contribution in [1.29, 1.82) is 0 Å². The molecule has 0 radical (unpaired) electrons. The molecule has 7 atom stereocenters. The van der Waals surface area contributed by atoms with E-state index in [1.807, 2.05) is 0 Å². The SMILES string of the molecule is O=c1n([C@@H]2O[C@H](COP(=O)(O)OP(=O)(O)OP(=O)(O)Cc3cccc4ccccc34)C(O)C2O)ccc2nc(-c3cccc(C(F)(F)F)c3)cn12. The van der Waals surface area contributed by atoms with Gasteiger partial charge in [-0.1, -0.05) is 54.6 Å². The van der Waals surface area contributed by atoms with Crippen LogP contribution in [0.2, 0.25) is 0 Å². The molecule has 6 rings (SSSR count). The summed E-state index contributed by atoms with van der Waals surface area (Å²) in [7, 11) is -16.3. The largest absolute Gasteiger partial charge is 0.488 e. The standard InChI is InChI=1S/C29H27F3N3O13P3/c30-29(31,32)20-9-4-7-18(13-20)22-14-35-24(33-22)11-12-34(28(35)38)27-26(37)25(36)23(46-27)15-45-50(41,42)48-51(43,44)47-49(39,40)16-19-8-3-6-17-5-1-2-10-21(17)19/h1-14,23,25-27,36-37H,15-16H2,(H,39,40)(H,41,42)(H,43,44)/t23-,25?,26?,27-/m1/s1. The smallest absolute Gasteiger partial charge is 0.387 e. The highest BCUT2D eigenvalue weighted by Gasteiger charge is 2.47. The minimum absolute atomic E-state index is 0.0186. The molecule has 3 heterocycles. The normalized spacial score (nSPS) is 23.2. The van der Waals surface area contributed by atoms with Crippen molar-refractivity contribution in [2.75, 3.05) is 6.61 Å². The van der Waals surface area contributed by atoms with Crippen molar-refractivity contribution in [2.45, 2.75) is 36.9 Å². The number of aliphatic hydroxyl groups excluding tert-OH is 2. The first-order valence-electron chi connectivity index (χ1n) is 14.6. The van der Waals surface area contributed by atoms with Crippen LogP contribution in [0.15, 0.2) is 90.0 Å². The van der Waals surface area contributed by atoms with Gasteiger partial charge in [0.2, 0.25) is 0 Å². The van der Waals surface area contributed by atoms with Crippen molar-refractivity contribution in [3.8, 4) is 11.3 Å². The monoisotopic (exact) mass is 775 g/mol. The van der Waals surface area contributed by atoms with Crippen molar-refractivity contribution >= 4 is 39.7 Å². The summed E-state index contributed by atoms with van der Waals surface area (Å²) in [4.78, 5) is 47.9. The predicted octanol–water partition coefficient (Wildman–Crippen LogP) is 4.59. The van der Waals surface area contributed by atoms with Gasteiger partial charge in [0, 0.05) is 18.0 Å². The zero-order valence-corrected chi connectivity index (χ0v) is 28.3. The number of halogens is 3. The van der Waals surface area contributed by atoms with E-state index in [0.29, 0.717) is 10.8 Å². The van der Waals surface area contributed by atoms with Gasteiger partial charge >= 0.3 is 35.1 Å². The fraction of sp³-hybridized carbons (Fsp3) is 0.241. The highest BCUT2D eigenvalue weighted by atomic mass is 31.3. The summed E-state index contributed by atoms with van der Waals surface area (Å²) in [5.41, 5.74) is -1.46. The Morgan fingerprint density at radius 1 is 0.882 bits per heavy atom. The maximum Gasteiger partial charge on any atom is 0.488 e.